The molecule has 4 N–H and O–H groups in total. The zero-order valence-electron chi connectivity index (χ0n) is 40.5. The molecule has 19 nitrogen and oxygen atoms in total. The Kier molecular flexibility index (Phi) is 21.0. The normalized spacial score (nSPS) is 17.5. The molecule has 2 aromatic rings. The summed E-state index contributed by atoms with van der Waals surface area (Å²) >= 11 is 0. The van der Waals surface area contributed by atoms with Crippen LogP contribution in [-0.4, -0.2) is 140 Å². The van der Waals surface area contributed by atoms with Gasteiger partial charge in [-0.1, -0.05) is 67.0 Å². The number of ether oxygens (including phenoxy) is 4. The zero-order valence-corrected chi connectivity index (χ0v) is 40.5. The van der Waals surface area contributed by atoms with E-state index >= 15 is 0 Å². The number of hydrogen-bond acceptors (Lipinski definition) is 13. The number of methoxy groups -OCH3 is 2. The highest BCUT2D eigenvalue weighted by atomic mass is 16.7. The first-order valence-corrected chi connectivity index (χ1v) is 22.5. The molecular weight excluding hydrogens is 855 g/mol. The number of hydrogen-bond donors (Lipinski definition) is 3. The Labute approximate surface area is 388 Å². The number of non-ortho nitro benzene ring substituents is 1. The van der Waals surface area contributed by atoms with E-state index in [9.17, 15) is 38.9 Å². The summed E-state index contributed by atoms with van der Waals surface area (Å²) in [6.07, 6.45) is -0.670. The topological polar surface area (TPSA) is 242 Å². The number of rotatable bonds is 24. The molecule has 1 aliphatic heterocycles. The average Bonchev–Trinajstić information content (AvgIpc) is 3.75. The molecule has 0 unspecified atom stereocenters. The van der Waals surface area contributed by atoms with E-state index in [4.69, 9.17) is 24.7 Å². The number of nitrogens with two attached hydrogens (primary N) is 1. The van der Waals surface area contributed by atoms with Crippen molar-refractivity contribution >= 4 is 41.4 Å². The van der Waals surface area contributed by atoms with Crippen LogP contribution in [0.15, 0.2) is 48.5 Å². The van der Waals surface area contributed by atoms with Crippen LogP contribution < -0.4 is 25.8 Å². The van der Waals surface area contributed by atoms with Crippen LogP contribution in [0, 0.1) is 33.8 Å². The summed E-state index contributed by atoms with van der Waals surface area (Å²) in [6, 6.07) is 7.62. The summed E-state index contributed by atoms with van der Waals surface area (Å²) in [5.74, 6) is -3.00. The second-order valence-electron chi connectivity index (χ2n) is 18.0. The van der Waals surface area contributed by atoms with E-state index in [1.165, 1.54) is 50.6 Å². The number of nitro groups is 1. The van der Waals surface area contributed by atoms with E-state index in [-0.39, 0.29) is 65.5 Å². The van der Waals surface area contributed by atoms with Crippen molar-refractivity contribution in [2.45, 2.75) is 123 Å². The van der Waals surface area contributed by atoms with Crippen LogP contribution in [0.2, 0.25) is 0 Å². The number of likely N-dealkylation sites (tertiary alicyclic amines) is 1. The van der Waals surface area contributed by atoms with Crippen LogP contribution in [0.5, 0.6) is 11.5 Å². The predicted octanol–water partition coefficient (Wildman–Crippen LogP) is 4.33. The molecule has 1 fully saturated rings. The fraction of sp³-hybridized carbons (Fsp3) is 0.617. The molecule has 3 rings (SSSR count). The second-order valence-corrected chi connectivity index (χ2v) is 18.0. The van der Waals surface area contributed by atoms with E-state index < -0.39 is 71.2 Å². The standard InChI is InChI=1S/C47H71N7O12/c1-13-29(6)41(52(10)46(59)39(27(2)3)50-45(58)40(28(4)5)51(8)9)37(63-11)26-38(55)53-24-14-15-36(53)42(64-12)30(7)44(57)49-35(43(48)56)25-31-16-20-33(21-17-31)65-47(60)66-34-22-18-32(19-23-34)54(61)62/h16-23,27-30,35-37,39-42H,13-15,24-26H2,1-12H3,(H2,48,56)(H,49,57)(H,50,58)/t29-,30+,35-,36-,37+,39-,40-,41-,42+/m0/s1. The van der Waals surface area contributed by atoms with E-state index in [0.717, 1.165) is 0 Å². The minimum absolute atomic E-state index is 0.00922. The van der Waals surface area contributed by atoms with Gasteiger partial charge < -0.3 is 45.1 Å². The molecule has 0 spiro atoms. The van der Waals surface area contributed by atoms with Gasteiger partial charge in [-0.25, -0.2) is 4.79 Å². The summed E-state index contributed by atoms with van der Waals surface area (Å²) in [4.78, 5) is 96.3. The maximum atomic E-state index is 14.3. The van der Waals surface area contributed by atoms with Gasteiger partial charge in [0.1, 0.15) is 23.6 Å². The molecular formula is C47H71N7O12. The van der Waals surface area contributed by atoms with Gasteiger partial charge in [-0.15, -0.1) is 0 Å². The van der Waals surface area contributed by atoms with Crippen molar-refractivity contribution in [3.05, 3.63) is 64.2 Å². The highest BCUT2D eigenvalue weighted by Gasteiger charge is 2.43. The molecule has 1 heterocycles. The highest BCUT2D eigenvalue weighted by Crippen LogP contribution is 2.30. The monoisotopic (exact) mass is 926 g/mol. The fourth-order valence-electron chi connectivity index (χ4n) is 8.72. The molecule has 2 aromatic carbocycles. The molecule has 0 saturated carbocycles. The number of nitrogens with zero attached hydrogens (tertiary/aromatic N) is 4. The molecule has 0 aromatic heterocycles. The molecule has 1 aliphatic rings. The molecule has 366 valence electrons. The van der Waals surface area contributed by atoms with E-state index in [1.54, 1.807) is 35.9 Å². The molecule has 0 aliphatic carbocycles. The van der Waals surface area contributed by atoms with Gasteiger partial charge in [-0.05, 0) is 74.5 Å². The van der Waals surface area contributed by atoms with Crippen LogP contribution >= 0.6 is 0 Å². The lowest BCUT2D eigenvalue weighted by atomic mass is 9.89. The van der Waals surface area contributed by atoms with Gasteiger partial charge in [0.2, 0.25) is 29.5 Å². The number of carbonyl (C=O) groups excluding carboxylic acids is 6. The van der Waals surface area contributed by atoms with Gasteiger partial charge in [0, 0.05) is 46.4 Å². The van der Waals surface area contributed by atoms with Gasteiger partial charge in [-0.2, -0.15) is 0 Å². The van der Waals surface area contributed by atoms with E-state index in [2.05, 4.69) is 10.6 Å². The first-order valence-electron chi connectivity index (χ1n) is 22.5. The molecule has 19 heteroatoms. The summed E-state index contributed by atoms with van der Waals surface area (Å²) in [5.41, 5.74) is 6.16. The third-order valence-electron chi connectivity index (χ3n) is 12.4. The number of primary amides is 1. The Morgan fingerprint density at radius 1 is 0.848 bits per heavy atom. The minimum atomic E-state index is -1.12. The number of likely N-dealkylation sites (N-methyl/N-ethyl adjacent to an activating group) is 2. The Morgan fingerprint density at radius 2 is 1.42 bits per heavy atom. The molecule has 66 heavy (non-hydrogen) atoms. The summed E-state index contributed by atoms with van der Waals surface area (Å²) in [5, 5.41) is 16.6. The smallest absolute Gasteiger partial charge is 0.395 e. The van der Waals surface area contributed by atoms with Gasteiger partial charge in [0.25, 0.3) is 5.69 Å². The molecule has 0 bridgehead atoms. The maximum absolute atomic E-state index is 14.3. The number of nitro benzene ring substituents is 1. The predicted molar refractivity (Wildman–Crippen MR) is 246 cm³/mol. The average molecular weight is 926 g/mol. The largest absolute Gasteiger partial charge is 0.519 e. The van der Waals surface area contributed by atoms with Crippen LogP contribution in [0.3, 0.4) is 0 Å². The van der Waals surface area contributed by atoms with Crippen molar-refractivity contribution < 1.29 is 52.6 Å². The molecule has 0 radical (unpaired) electrons. The Morgan fingerprint density at radius 3 is 1.89 bits per heavy atom. The third-order valence-corrected chi connectivity index (χ3v) is 12.4. The Balaban J connectivity index is 1.70. The van der Waals surface area contributed by atoms with Crippen LogP contribution in [0.4, 0.5) is 10.5 Å². The van der Waals surface area contributed by atoms with Crippen molar-refractivity contribution in [3.8, 4) is 11.5 Å². The van der Waals surface area contributed by atoms with Crippen LogP contribution in [0.1, 0.15) is 79.7 Å². The molecule has 1 saturated heterocycles. The lowest BCUT2D eigenvalue weighted by Gasteiger charge is -2.41. The summed E-state index contributed by atoms with van der Waals surface area (Å²) in [6.45, 7) is 13.8. The fourth-order valence-corrected chi connectivity index (χ4v) is 8.72. The van der Waals surface area contributed by atoms with E-state index in [1.807, 2.05) is 60.5 Å². The van der Waals surface area contributed by atoms with Crippen molar-refractivity contribution in [2.24, 2.45) is 29.4 Å². The van der Waals surface area contributed by atoms with Gasteiger partial charge in [-0.3, -0.25) is 39.0 Å². The number of nitrogens with one attached hydrogen (secondary N) is 2. The number of carbonyl (C=O) groups is 6. The van der Waals surface area contributed by atoms with E-state index in [0.29, 0.717) is 31.4 Å². The lowest BCUT2D eigenvalue weighted by molar-refractivity contribution is -0.384. The molecule has 9 atom stereocenters. The van der Waals surface area contributed by atoms with Crippen molar-refractivity contribution in [1.82, 2.24) is 25.3 Å². The SMILES string of the molecule is CC[C@H](C)[C@@H]([C@@H](CC(=O)N1CCC[C@H]1[C@H](OC)[C@@H](C)C(=O)N[C@@H](Cc1ccc(OC(=O)Oc2ccc([N+](=O)[O-])cc2)cc1)C(N)=O)OC)N(C)C(=O)[C@@H](NC(=O)[C@H](C(C)C)N(C)C)C(C)C. The number of amides is 5. The second kappa shape index (κ2) is 25.3. The van der Waals surface area contributed by atoms with Crippen LogP contribution in [0.25, 0.3) is 0 Å². The third kappa shape index (κ3) is 14.7. The highest BCUT2D eigenvalue weighted by molar-refractivity contribution is 5.90. The van der Waals surface area contributed by atoms with Crippen molar-refractivity contribution in [3.63, 3.8) is 0 Å². The first-order chi connectivity index (χ1) is 31.1. The van der Waals surface area contributed by atoms with Crippen molar-refractivity contribution in [2.75, 3.05) is 41.9 Å². The van der Waals surface area contributed by atoms with Crippen molar-refractivity contribution in [1.29, 1.82) is 0 Å². The minimum Gasteiger partial charge on any atom is -0.395 e. The quantitative estimate of drug-likeness (QED) is 0.0576. The zero-order chi connectivity index (χ0) is 49.6. The summed E-state index contributed by atoms with van der Waals surface area (Å²) in [7, 11) is 8.34. The van der Waals surface area contributed by atoms with Gasteiger partial charge in [0.15, 0.2) is 0 Å². The molecule has 5 amide bonds. The number of benzene rings is 2. The lowest BCUT2D eigenvalue weighted by Crippen LogP contribution is -2.59. The van der Waals surface area contributed by atoms with Gasteiger partial charge in [0.05, 0.1) is 47.6 Å². The maximum Gasteiger partial charge on any atom is 0.519 e. The van der Waals surface area contributed by atoms with Gasteiger partial charge >= 0.3 is 6.16 Å². The Bertz CT molecular complexity index is 1950. The van der Waals surface area contributed by atoms with Crippen LogP contribution in [-0.2, 0) is 39.9 Å². The summed E-state index contributed by atoms with van der Waals surface area (Å²) < 4.78 is 22.2. The first kappa shape index (κ1) is 54.7. The Hall–Kier alpha value is -5.66.